The van der Waals surface area contributed by atoms with Crippen molar-refractivity contribution in [1.82, 2.24) is 9.36 Å². The van der Waals surface area contributed by atoms with Crippen molar-refractivity contribution in [2.24, 2.45) is 0 Å². The Kier molecular flexibility index (Phi) is 3.75. The fraction of sp³-hybridized carbons (Fsp3) is 0.273. The van der Waals surface area contributed by atoms with Crippen LogP contribution in [0.25, 0.3) is 0 Å². The minimum absolute atomic E-state index is 0.338. The quantitative estimate of drug-likeness (QED) is 0.787. The number of rotatable bonds is 3. The Morgan fingerprint density at radius 2 is 1.94 bits per heavy atom. The van der Waals surface area contributed by atoms with Gasteiger partial charge >= 0.3 is 0 Å². The van der Waals surface area contributed by atoms with Crippen LogP contribution in [0.4, 0.5) is 0 Å². The molecule has 0 unspecified atom stereocenters. The molecule has 0 aliphatic heterocycles. The van der Waals surface area contributed by atoms with Crippen molar-refractivity contribution in [1.29, 1.82) is 0 Å². The molecule has 0 fully saturated rings. The van der Waals surface area contributed by atoms with Crippen LogP contribution in [0.5, 0.6) is 10.9 Å². The zero-order valence-electron chi connectivity index (χ0n) is 8.98. The van der Waals surface area contributed by atoms with Gasteiger partial charge in [0.1, 0.15) is 11.6 Å². The summed E-state index contributed by atoms with van der Waals surface area (Å²) in [5.41, 5.74) is 0. The van der Waals surface area contributed by atoms with E-state index in [2.05, 4.69) is 45.8 Å². The van der Waals surface area contributed by atoms with Crippen molar-refractivity contribution in [2.45, 2.75) is 19.8 Å². The van der Waals surface area contributed by atoms with Crippen molar-refractivity contribution < 1.29 is 4.74 Å². The van der Waals surface area contributed by atoms with Gasteiger partial charge in [0.15, 0.2) is 0 Å². The fourth-order valence-corrected chi connectivity index (χ4v) is 2.15. The third-order valence-corrected chi connectivity index (χ3v) is 3.29. The van der Waals surface area contributed by atoms with E-state index in [1.54, 1.807) is 0 Å². The van der Waals surface area contributed by atoms with E-state index >= 15 is 0 Å². The van der Waals surface area contributed by atoms with E-state index in [9.17, 15) is 0 Å². The molecule has 0 saturated carbocycles. The van der Waals surface area contributed by atoms with E-state index in [-0.39, 0.29) is 0 Å². The van der Waals surface area contributed by atoms with Gasteiger partial charge in [-0.2, -0.15) is 9.36 Å². The topological polar surface area (TPSA) is 35.0 Å². The Morgan fingerprint density at radius 3 is 2.50 bits per heavy atom. The predicted octanol–water partition coefficient (Wildman–Crippen LogP) is 4.06. The zero-order chi connectivity index (χ0) is 11.5. The van der Waals surface area contributed by atoms with E-state index in [0.717, 1.165) is 11.6 Å². The van der Waals surface area contributed by atoms with Gasteiger partial charge in [-0.1, -0.05) is 13.8 Å². The van der Waals surface area contributed by atoms with Gasteiger partial charge in [-0.25, -0.2) is 0 Å². The molecule has 0 saturated heterocycles. The lowest BCUT2D eigenvalue weighted by molar-refractivity contribution is 0.476. The molecular weight excluding hydrogens is 335 g/mol. The van der Waals surface area contributed by atoms with Crippen molar-refractivity contribution in [2.75, 3.05) is 0 Å². The highest BCUT2D eigenvalue weighted by Gasteiger charge is 2.08. The highest BCUT2D eigenvalue weighted by Crippen LogP contribution is 2.25. The summed E-state index contributed by atoms with van der Waals surface area (Å²) in [6.07, 6.45) is 0. The molecule has 0 aliphatic carbocycles. The van der Waals surface area contributed by atoms with Gasteiger partial charge in [0, 0.05) is 21.0 Å². The zero-order valence-corrected chi connectivity index (χ0v) is 11.9. The normalized spacial score (nSPS) is 10.8. The lowest BCUT2D eigenvalue weighted by Gasteiger charge is -2.00. The maximum atomic E-state index is 5.61. The van der Waals surface area contributed by atoms with Crippen LogP contribution in [0.2, 0.25) is 0 Å². The second kappa shape index (κ2) is 5.09. The Hall–Kier alpha value is -0.690. The van der Waals surface area contributed by atoms with Gasteiger partial charge in [-0.15, -0.1) is 0 Å². The third kappa shape index (κ3) is 2.91. The summed E-state index contributed by atoms with van der Waals surface area (Å²) < 4.78 is 11.0. The van der Waals surface area contributed by atoms with Crippen LogP contribution in [-0.4, -0.2) is 9.36 Å². The minimum atomic E-state index is 0.338. The molecular formula is C11H11IN2OS. The highest BCUT2D eigenvalue weighted by atomic mass is 127. The van der Waals surface area contributed by atoms with Gasteiger partial charge in [0.2, 0.25) is 0 Å². The smallest absolute Gasteiger partial charge is 0.298 e. The van der Waals surface area contributed by atoms with E-state index in [0.29, 0.717) is 11.1 Å². The highest BCUT2D eigenvalue weighted by molar-refractivity contribution is 14.1. The summed E-state index contributed by atoms with van der Waals surface area (Å²) in [7, 11) is 0. The number of aromatic nitrogens is 2. The van der Waals surface area contributed by atoms with Crippen LogP contribution in [0.1, 0.15) is 25.6 Å². The summed E-state index contributed by atoms with van der Waals surface area (Å²) in [6.45, 7) is 4.13. The summed E-state index contributed by atoms with van der Waals surface area (Å²) in [5, 5.41) is 0.602. The van der Waals surface area contributed by atoms with Gasteiger partial charge < -0.3 is 4.74 Å². The van der Waals surface area contributed by atoms with E-state index in [1.807, 2.05) is 24.3 Å². The van der Waals surface area contributed by atoms with Crippen LogP contribution >= 0.6 is 34.1 Å². The minimum Gasteiger partial charge on any atom is -0.430 e. The average Bonchev–Trinajstić information content (AvgIpc) is 2.70. The van der Waals surface area contributed by atoms with E-state index in [4.69, 9.17) is 4.74 Å². The first-order chi connectivity index (χ1) is 7.65. The molecule has 0 bridgehead atoms. The number of nitrogens with zero attached hydrogens (tertiary/aromatic N) is 2. The first-order valence-corrected chi connectivity index (χ1v) is 6.77. The lowest BCUT2D eigenvalue weighted by Crippen LogP contribution is -1.90. The molecule has 0 aliphatic rings. The van der Waals surface area contributed by atoms with Crippen LogP contribution in [-0.2, 0) is 0 Å². The summed E-state index contributed by atoms with van der Waals surface area (Å²) >= 11 is 3.55. The molecule has 1 heterocycles. The summed E-state index contributed by atoms with van der Waals surface area (Å²) in [6, 6.07) is 7.86. The second-order valence-electron chi connectivity index (χ2n) is 3.63. The molecule has 16 heavy (non-hydrogen) atoms. The largest absolute Gasteiger partial charge is 0.430 e. The fourth-order valence-electron chi connectivity index (χ4n) is 1.10. The lowest BCUT2D eigenvalue weighted by atomic mass is 10.2. The predicted molar refractivity (Wildman–Crippen MR) is 73.2 cm³/mol. The molecule has 2 rings (SSSR count). The summed E-state index contributed by atoms with van der Waals surface area (Å²) in [4.78, 5) is 4.31. The van der Waals surface area contributed by atoms with Crippen LogP contribution in [0.3, 0.4) is 0 Å². The molecule has 0 radical (unpaired) electrons. The third-order valence-electron chi connectivity index (χ3n) is 1.96. The molecule has 0 N–H and O–H groups in total. The maximum Gasteiger partial charge on any atom is 0.298 e. The number of hydrogen-bond donors (Lipinski definition) is 0. The van der Waals surface area contributed by atoms with Crippen LogP contribution < -0.4 is 4.74 Å². The second-order valence-corrected chi connectivity index (χ2v) is 5.59. The Bertz CT molecular complexity index is 467. The Balaban J connectivity index is 2.11. The van der Waals surface area contributed by atoms with Crippen molar-refractivity contribution in [3.8, 4) is 10.9 Å². The molecule has 3 nitrogen and oxygen atoms in total. The molecule has 1 aromatic carbocycles. The molecule has 0 atom stereocenters. The molecule has 5 heteroatoms. The van der Waals surface area contributed by atoms with Crippen LogP contribution in [0, 0.1) is 3.57 Å². The molecule has 1 aromatic heterocycles. The van der Waals surface area contributed by atoms with Crippen LogP contribution in [0.15, 0.2) is 24.3 Å². The van der Waals surface area contributed by atoms with Gasteiger partial charge in [0.05, 0.1) is 0 Å². The van der Waals surface area contributed by atoms with Crippen molar-refractivity contribution in [3.05, 3.63) is 33.7 Å². The Morgan fingerprint density at radius 1 is 1.25 bits per heavy atom. The van der Waals surface area contributed by atoms with Crippen molar-refractivity contribution in [3.63, 3.8) is 0 Å². The number of halogens is 1. The molecule has 84 valence electrons. The van der Waals surface area contributed by atoms with Gasteiger partial charge in [0.25, 0.3) is 5.19 Å². The van der Waals surface area contributed by atoms with Crippen molar-refractivity contribution >= 4 is 34.1 Å². The first kappa shape index (κ1) is 11.8. The first-order valence-electron chi connectivity index (χ1n) is 4.92. The molecule has 0 amide bonds. The van der Waals surface area contributed by atoms with Gasteiger partial charge in [-0.05, 0) is 46.9 Å². The number of ether oxygens (including phenoxy) is 1. The Labute approximate surface area is 112 Å². The SMILES string of the molecule is CC(C)c1nsc(Oc2ccc(I)cc2)n1. The number of hydrogen-bond acceptors (Lipinski definition) is 4. The summed E-state index contributed by atoms with van der Waals surface area (Å²) in [5.74, 6) is 1.97. The molecule has 2 aromatic rings. The van der Waals surface area contributed by atoms with Gasteiger partial charge in [-0.3, -0.25) is 0 Å². The molecule has 0 spiro atoms. The van der Waals surface area contributed by atoms with E-state index in [1.165, 1.54) is 15.1 Å². The standard InChI is InChI=1S/C11H11IN2OS/c1-7(2)10-13-11(16-14-10)15-9-5-3-8(12)4-6-9/h3-7H,1-2H3. The van der Waals surface area contributed by atoms with E-state index < -0.39 is 0 Å². The number of benzene rings is 1. The average molecular weight is 346 g/mol. The maximum absolute atomic E-state index is 5.61. The monoisotopic (exact) mass is 346 g/mol.